The number of benzene rings is 1. The second kappa shape index (κ2) is 4.02. The molecule has 2 aliphatic rings. The van der Waals surface area contributed by atoms with Crippen LogP contribution in [-0.2, 0) is 11.2 Å². The van der Waals surface area contributed by atoms with Gasteiger partial charge in [-0.25, -0.2) is 0 Å². The number of fused-ring (bicyclic) bond motifs is 1. The van der Waals surface area contributed by atoms with Gasteiger partial charge in [0.2, 0.25) is 0 Å². The van der Waals surface area contributed by atoms with E-state index in [1.54, 1.807) is 0 Å². The molecule has 1 aromatic carbocycles. The molecule has 0 radical (unpaired) electrons. The Hall–Kier alpha value is -1.57. The largest absolute Gasteiger partial charge is 0.361 e. The highest BCUT2D eigenvalue weighted by Crippen LogP contribution is 2.33. The molecule has 88 valence electrons. The van der Waals surface area contributed by atoms with Gasteiger partial charge in [-0.3, -0.25) is 4.79 Å². The fourth-order valence-corrected chi connectivity index (χ4v) is 2.97. The van der Waals surface area contributed by atoms with E-state index >= 15 is 0 Å². The smallest absolute Gasteiger partial charge is 0.159 e. The van der Waals surface area contributed by atoms with Crippen LogP contribution in [0.5, 0.6) is 0 Å². The highest BCUT2D eigenvalue weighted by Gasteiger charge is 2.32. The van der Waals surface area contributed by atoms with E-state index in [0.717, 1.165) is 31.4 Å². The number of allylic oxidation sites excluding steroid dienone is 1. The van der Waals surface area contributed by atoms with Crippen LogP contribution in [0, 0.1) is 0 Å². The van der Waals surface area contributed by atoms with E-state index in [1.165, 1.54) is 11.3 Å². The topological polar surface area (TPSA) is 20.3 Å². The highest BCUT2D eigenvalue weighted by molar-refractivity contribution is 5.90. The molecule has 1 heterocycles. The summed E-state index contributed by atoms with van der Waals surface area (Å²) in [4.78, 5) is 14.4. The third-order valence-electron chi connectivity index (χ3n) is 3.87. The van der Waals surface area contributed by atoms with Crippen LogP contribution in [0.1, 0.15) is 24.8 Å². The summed E-state index contributed by atoms with van der Waals surface area (Å²) >= 11 is 0. The maximum Gasteiger partial charge on any atom is 0.159 e. The minimum Gasteiger partial charge on any atom is -0.361 e. The van der Waals surface area contributed by atoms with Crippen LogP contribution < -0.4 is 4.90 Å². The van der Waals surface area contributed by atoms with Gasteiger partial charge in [-0.15, -0.1) is 0 Å². The number of para-hydroxylation sites is 1. The minimum atomic E-state index is 0.0872. The number of carbonyl (C=O) groups is 1. The third kappa shape index (κ3) is 1.78. The van der Waals surface area contributed by atoms with Crippen LogP contribution in [-0.4, -0.2) is 18.4 Å². The van der Waals surface area contributed by atoms with E-state index < -0.39 is 0 Å². The summed E-state index contributed by atoms with van der Waals surface area (Å²) in [6, 6.07) is 8.53. The molecule has 1 aliphatic heterocycles. The van der Waals surface area contributed by atoms with Crippen LogP contribution in [0.2, 0.25) is 0 Å². The summed E-state index contributed by atoms with van der Waals surface area (Å²) in [6.07, 6.45) is 3.57. The SMILES string of the molecule is C=C1CCC(N2CCc3ccccc32)C(=O)C1. The van der Waals surface area contributed by atoms with Crippen molar-refractivity contribution >= 4 is 11.5 Å². The van der Waals surface area contributed by atoms with Crippen LogP contribution in [0.3, 0.4) is 0 Å². The van der Waals surface area contributed by atoms with Gasteiger partial charge in [-0.05, 0) is 30.9 Å². The summed E-state index contributed by atoms with van der Waals surface area (Å²) in [7, 11) is 0. The number of ketones is 1. The predicted molar refractivity (Wildman–Crippen MR) is 69.3 cm³/mol. The number of carbonyl (C=O) groups excluding carboxylic acids is 1. The number of hydrogen-bond donors (Lipinski definition) is 0. The predicted octanol–water partition coefficient (Wildman–Crippen LogP) is 2.73. The van der Waals surface area contributed by atoms with Crippen molar-refractivity contribution < 1.29 is 4.79 Å². The number of Topliss-reactive ketones (excluding diaryl/α,β-unsaturated/α-hetero) is 1. The molecule has 0 N–H and O–H groups in total. The molecule has 2 heteroatoms. The lowest BCUT2D eigenvalue weighted by Gasteiger charge is -2.32. The minimum absolute atomic E-state index is 0.0872. The van der Waals surface area contributed by atoms with E-state index in [4.69, 9.17) is 0 Å². The van der Waals surface area contributed by atoms with Crippen molar-refractivity contribution in [3.8, 4) is 0 Å². The molecule has 0 spiro atoms. The Morgan fingerprint density at radius 3 is 2.88 bits per heavy atom. The first kappa shape index (κ1) is 10.6. The summed E-state index contributed by atoms with van der Waals surface area (Å²) in [5, 5.41) is 0. The lowest BCUT2D eigenvalue weighted by atomic mass is 9.89. The van der Waals surface area contributed by atoms with E-state index in [0.29, 0.717) is 12.2 Å². The molecule has 2 nitrogen and oxygen atoms in total. The Balaban J connectivity index is 1.87. The van der Waals surface area contributed by atoms with Crippen molar-refractivity contribution in [3.05, 3.63) is 42.0 Å². The maximum absolute atomic E-state index is 12.1. The second-order valence-electron chi connectivity index (χ2n) is 5.02. The summed E-state index contributed by atoms with van der Waals surface area (Å²) < 4.78 is 0. The van der Waals surface area contributed by atoms with Crippen molar-refractivity contribution in [1.29, 1.82) is 0 Å². The van der Waals surface area contributed by atoms with E-state index in [-0.39, 0.29) is 6.04 Å². The molecule has 1 saturated carbocycles. The van der Waals surface area contributed by atoms with Crippen LogP contribution >= 0.6 is 0 Å². The molecule has 1 atom stereocenters. The van der Waals surface area contributed by atoms with Crippen molar-refractivity contribution in [2.24, 2.45) is 0 Å². The van der Waals surface area contributed by atoms with Gasteiger partial charge in [-0.2, -0.15) is 0 Å². The quantitative estimate of drug-likeness (QED) is 0.687. The zero-order valence-electron chi connectivity index (χ0n) is 9.98. The number of nitrogens with zero attached hydrogens (tertiary/aromatic N) is 1. The molecule has 0 amide bonds. The van der Waals surface area contributed by atoms with Crippen LogP contribution in [0.15, 0.2) is 36.4 Å². The molecule has 0 bridgehead atoms. The number of anilines is 1. The van der Waals surface area contributed by atoms with Crippen molar-refractivity contribution in [1.82, 2.24) is 0 Å². The molecule has 1 aliphatic carbocycles. The average molecular weight is 227 g/mol. The van der Waals surface area contributed by atoms with E-state index in [1.807, 2.05) is 0 Å². The Kier molecular flexibility index (Phi) is 2.50. The van der Waals surface area contributed by atoms with Gasteiger partial charge in [0, 0.05) is 18.7 Å². The zero-order valence-corrected chi connectivity index (χ0v) is 9.98. The van der Waals surface area contributed by atoms with Gasteiger partial charge < -0.3 is 4.90 Å². The Bertz CT molecular complexity index is 478. The molecule has 17 heavy (non-hydrogen) atoms. The highest BCUT2D eigenvalue weighted by atomic mass is 16.1. The fourth-order valence-electron chi connectivity index (χ4n) is 2.97. The Morgan fingerprint density at radius 1 is 1.24 bits per heavy atom. The number of hydrogen-bond acceptors (Lipinski definition) is 2. The van der Waals surface area contributed by atoms with Gasteiger partial charge >= 0.3 is 0 Å². The van der Waals surface area contributed by atoms with Gasteiger partial charge in [0.1, 0.15) is 0 Å². The Morgan fingerprint density at radius 2 is 2.06 bits per heavy atom. The second-order valence-corrected chi connectivity index (χ2v) is 5.02. The normalized spacial score (nSPS) is 24.0. The molecular weight excluding hydrogens is 210 g/mol. The molecule has 1 unspecified atom stereocenters. The summed E-state index contributed by atoms with van der Waals surface area (Å²) in [6.45, 7) is 4.92. The van der Waals surface area contributed by atoms with E-state index in [9.17, 15) is 4.79 Å². The third-order valence-corrected chi connectivity index (χ3v) is 3.87. The fraction of sp³-hybridized carbons (Fsp3) is 0.400. The van der Waals surface area contributed by atoms with Crippen molar-refractivity contribution in [2.45, 2.75) is 31.7 Å². The summed E-state index contributed by atoms with van der Waals surface area (Å²) in [5.74, 6) is 0.345. The van der Waals surface area contributed by atoms with E-state index in [2.05, 4.69) is 35.7 Å². The molecule has 1 fully saturated rings. The standard InChI is InChI=1S/C15H17NO/c1-11-6-7-14(15(17)10-11)16-9-8-12-4-2-3-5-13(12)16/h2-5,14H,1,6-10H2. The average Bonchev–Trinajstić information content (AvgIpc) is 2.73. The van der Waals surface area contributed by atoms with Crippen molar-refractivity contribution in [3.63, 3.8) is 0 Å². The van der Waals surface area contributed by atoms with Gasteiger partial charge in [0.15, 0.2) is 5.78 Å². The monoisotopic (exact) mass is 227 g/mol. The van der Waals surface area contributed by atoms with Gasteiger partial charge in [0.05, 0.1) is 6.04 Å². The van der Waals surface area contributed by atoms with Crippen LogP contribution in [0.25, 0.3) is 0 Å². The molecule has 1 aromatic rings. The molecular formula is C15H17NO. The number of rotatable bonds is 1. The van der Waals surface area contributed by atoms with Crippen LogP contribution in [0.4, 0.5) is 5.69 Å². The first-order chi connectivity index (χ1) is 8.25. The maximum atomic E-state index is 12.1. The first-order valence-electron chi connectivity index (χ1n) is 6.29. The van der Waals surface area contributed by atoms with Gasteiger partial charge in [0.25, 0.3) is 0 Å². The van der Waals surface area contributed by atoms with Crippen molar-refractivity contribution in [2.75, 3.05) is 11.4 Å². The summed E-state index contributed by atoms with van der Waals surface area (Å²) in [5.41, 5.74) is 3.74. The Labute approximate surface area is 102 Å². The first-order valence-corrected chi connectivity index (χ1v) is 6.29. The lowest BCUT2D eigenvalue weighted by Crippen LogP contribution is -2.42. The zero-order chi connectivity index (χ0) is 11.8. The lowest BCUT2D eigenvalue weighted by molar-refractivity contribution is -0.120. The molecule has 0 saturated heterocycles. The molecule has 3 rings (SSSR count). The molecule has 0 aromatic heterocycles. The van der Waals surface area contributed by atoms with Gasteiger partial charge in [-0.1, -0.05) is 30.4 Å².